The zero-order chi connectivity index (χ0) is 15.7. The summed E-state index contributed by atoms with van der Waals surface area (Å²) in [6.07, 6.45) is 2.15. The van der Waals surface area contributed by atoms with E-state index in [9.17, 15) is 8.42 Å². The van der Waals surface area contributed by atoms with Gasteiger partial charge in [-0.05, 0) is 24.1 Å². The number of benzene rings is 1. The summed E-state index contributed by atoms with van der Waals surface area (Å²) in [7, 11) is -3.19. The predicted molar refractivity (Wildman–Crippen MR) is 86.4 cm³/mol. The zero-order valence-electron chi connectivity index (χ0n) is 12.6. The number of hydrogen-bond acceptors (Lipinski definition) is 4. The van der Waals surface area contributed by atoms with Crippen molar-refractivity contribution < 1.29 is 13.2 Å². The van der Waals surface area contributed by atoms with Crippen molar-refractivity contribution in [3.8, 4) is 0 Å². The number of ether oxygens (including phenoxy) is 1. The fourth-order valence-corrected chi connectivity index (χ4v) is 4.67. The van der Waals surface area contributed by atoms with Gasteiger partial charge in [0.25, 0.3) is 0 Å². The summed E-state index contributed by atoms with van der Waals surface area (Å²) in [5.74, 6) is 0. The van der Waals surface area contributed by atoms with Gasteiger partial charge in [-0.15, -0.1) is 0 Å². The highest BCUT2D eigenvalue weighted by molar-refractivity contribution is 7.88. The van der Waals surface area contributed by atoms with Gasteiger partial charge in [0.05, 0.1) is 25.0 Å². The molecule has 7 heteroatoms. The summed E-state index contributed by atoms with van der Waals surface area (Å²) >= 11 is 6.03. The number of likely N-dealkylation sites (tertiary alicyclic amines) is 1. The average Bonchev–Trinajstić information content (AvgIpc) is 2.45. The third kappa shape index (κ3) is 3.63. The highest BCUT2D eigenvalue weighted by Gasteiger charge is 2.40. The van der Waals surface area contributed by atoms with Crippen LogP contribution in [0.5, 0.6) is 0 Å². The summed E-state index contributed by atoms with van der Waals surface area (Å²) in [5, 5.41) is 0.728. The molecular formula is C15H21ClN2O3S. The highest BCUT2D eigenvalue weighted by Crippen LogP contribution is 2.26. The quantitative estimate of drug-likeness (QED) is 0.835. The number of hydrogen-bond donors (Lipinski definition) is 0. The van der Waals surface area contributed by atoms with E-state index < -0.39 is 10.0 Å². The average molecular weight is 345 g/mol. The summed E-state index contributed by atoms with van der Waals surface area (Å²) in [4.78, 5) is 2.28. The topological polar surface area (TPSA) is 49.9 Å². The molecule has 1 aromatic rings. The minimum atomic E-state index is -3.19. The summed E-state index contributed by atoms with van der Waals surface area (Å²) in [5.41, 5.74) is 1.15. The maximum absolute atomic E-state index is 12.0. The van der Waals surface area contributed by atoms with Crippen LogP contribution in [-0.4, -0.2) is 62.3 Å². The number of piperidine rings is 1. The van der Waals surface area contributed by atoms with Gasteiger partial charge in [-0.25, -0.2) is 8.42 Å². The van der Waals surface area contributed by atoms with Gasteiger partial charge in [0.1, 0.15) is 0 Å². The molecule has 0 N–H and O–H groups in total. The van der Waals surface area contributed by atoms with Gasteiger partial charge < -0.3 is 4.74 Å². The second kappa shape index (κ2) is 6.45. The van der Waals surface area contributed by atoms with E-state index in [2.05, 4.69) is 4.90 Å². The minimum Gasteiger partial charge on any atom is -0.375 e. The summed E-state index contributed by atoms with van der Waals surface area (Å²) < 4.78 is 31.3. The largest absolute Gasteiger partial charge is 0.375 e. The molecule has 2 aliphatic heterocycles. The molecule has 0 spiro atoms. The second-order valence-corrected chi connectivity index (χ2v) is 8.38. The highest BCUT2D eigenvalue weighted by atomic mass is 35.5. The van der Waals surface area contributed by atoms with Crippen LogP contribution in [0.15, 0.2) is 24.3 Å². The predicted octanol–water partition coefficient (Wildman–Crippen LogP) is 1.57. The lowest BCUT2D eigenvalue weighted by Crippen LogP contribution is -2.60. The Morgan fingerprint density at radius 2 is 2.18 bits per heavy atom. The molecule has 2 heterocycles. The fourth-order valence-electron chi connectivity index (χ4n) is 3.36. The normalized spacial score (nSPS) is 27.5. The summed E-state index contributed by atoms with van der Waals surface area (Å²) in [6.45, 7) is 3.32. The van der Waals surface area contributed by atoms with Gasteiger partial charge in [0.2, 0.25) is 10.0 Å². The lowest BCUT2D eigenvalue weighted by molar-refractivity contribution is -0.0768. The Hall–Kier alpha value is -0.660. The van der Waals surface area contributed by atoms with Crippen molar-refractivity contribution in [2.75, 3.05) is 32.5 Å². The first-order chi connectivity index (χ1) is 10.4. The van der Waals surface area contributed by atoms with Crippen LogP contribution in [0.25, 0.3) is 0 Å². The van der Waals surface area contributed by atoms with Crippen LogP contribution in [-0.2, 0) is 21.3 Å². The van der Waals surface area contributed by atoms with E-state index in [4.69, 9.17) is 16.3 Å². The molecule has 0 bridgehead atoms. The first-order valence-corrected chi connectivity index (χ1v) is 9.71. The van der Waals surface area contributed by atoms with Crippen molar-refractivity contribution in [2.45, 2.75) is 25.1 Å². The number of rotatable bonds is 3. The Bertz CT molecular complexity index is 637. The Morgan fingerprint density at radius 1 is 1.36 bits per heavy atom. The molecule has 2 aliphatic rings. The maximum atomic E-state index is 12.0. The van der Waals surface area contributed by atoms with Gasteiger partial charge in [0, 0.05) is 31.2 Å². The van der Waals surface area contributed by atoms with Crippen LogP contribution < -0.4 is 0 Å². The molecule has 0 radical (unpaired) electrons. The van der Waals surface area contributed by atoms with Crippen molar-refractivity contribution in [1.29, 1.82) is 0 Å². The van der Waals surface area contributed by atoms with Crippen molar-refractivity contribution in [2.24, 2.45) is 0 Å². The van der Waals surface area contributed by atoms with Crippen LogP contribution in [0.1, 0.15) is 12.0 Å². The standard InChI is InChI=1S/C15H21ClN2O3S/c1-22(19,20)18-7-8-21-15-5-6-17(11-14(15)18)10-12-3-2-4-13(16)9-12/h2-4,9,14-15H,5-8,10-11H2,1H3/t14-,15-/m0/s1. The monoisotopic (exact) mass is 344 g/mol. The second-order valence-electron chi connectivity index (χ2n) is 6.00. The molecule has 5 nitrogen and oxygen atoms in total. The lowest BCUT2D eigenvalue weighted by Gasteiger charge is -2.45. The number of sulfonamides is 1. The van der Waals surface area contributed by atoms with Gasteiger partial charge in [-0.1, -0.05) is 23.7 Å². The number of morpholine rings is 1. The first kappa shape index (κ1) is 16.2. The molecule has 2 fully saturated rings. The smallest absolute Gasteiger partial charge is 0.211 e. The third-order valence-electron chi connectivity index (χ3n) is 4.34. The Kier molecular flexibility index (Phi) is 4.75. The molecule has 22 heavy (non-hydrogen) atoms. The molecule has 0 aliphatic carbocycles. The molecule has 0 aromatic heterocycles. The lowest BCUT2D eigenvalue weighted by atomic mass is 10.00. The first-order valence-electron chi connectivity index (χ1n) is 7.49. The SMILES string of the molecule is CS(=O)(=O)N1CCO[C@H]2CCN(Cc3cccc(Cl)c3)C[C@@H]21. The molecule has 1 aromatic carbocycles. The molecule has 2 saturated heterocycles. The molecule has 122 valence electrons. The Morgan fingerprint density at radius 3 is 2.91 bits per heavy atom. The molecule has 0 saturated carbocycles. The van der Waals surface area contributed by atoms with Gasteiger partial charge >= 0.3 is 0 Å². The van der Waals surface area contributed by atoms with E-state index >= 15 is 0 Å². The molecule has 0 unspecified atom stereocenters. The zero-order valence-corrected chi connectivity index (χ0v) is 14.2. The number of fused-ring (bicyclic) bond motifs is 1. The van der Waals surface area contributed by atoms with Gasteiger partial charge in [0.15, 0.2) is 0 Å². The van der Waals surface area contributed by atoms with Crippen LogP contribution in [0, 0.1) is 0 Å². The minimum absolute atomic E-state index is 0.0130. The number of halogens is 1. The molecule has 0 amide bonds. The van der Waals surface area contributed by atoms with Gasteiger partial charge in [-0.3, -0.25) is 4.90 Å². The Labute approximate surface area is 136 Å². The van der Waals surface area contributed by atoms with Crippen LogP contribution in [0.2, 0.25) is 5.02 Å². The molecular weight excluding hydrogens is 324 g/mol. The number of nitrogens with zero attached hydrogens (tertiary/aromatic N) is 2. The van der Waals surface area contributed by atoms with Gasteiger partial charge in [-0.2, -0.15) is 4.31 Å². The van der Waals surface area contributed by atoms with E-state index in [1.54, 1.807) is 4.31 Å². The van der Waals surface area contributed by atoms with Crippen molar-refractivity contribution >= 4 is 21.6 Å². The third-order valence-corrected chi connectivity index (χ3v) is 5.88. The van der Waals surface area contributed by atoms with E-state index in [0.717, 1.165) is 30.1 Å². The van der Waals surface area contributed by atoms with Crippen molar-refractivity contribution in [3.63, 3.8) is 0 Å². The van der Waals surface area contributed by atoms with E-state index in [1.807, 2.05) is 24.3 Å². The maximum Gasteiger partial charge on any atom is 0.211 e. The van der Waals surface area contributed by atoms with E-state index in [0.29, 0.717) is 19.7 Å². The molecule has 3 rings (SSSR count). The van der Waals surface area contributed by atoms with Crippen LogP contribution >= 0.6 is 11.6 Å². The summed E-state index contributed by atoms with van der Waals surface area (Å²) in [6, 6.07) is 7.72. The molecule has 2 atom stereocenters. The van der Waals surface area contributed by atoms with E-state index in [1.165, 1.54) is 6.26 Å². The van der Waals surface area contributed by atoms with Crippen LogP contribution in [0.3, 0.4) is 0 Å². The van der Waals surface area contributed by atoms with Crippen LogP contribution in [0.4, 0.5) is 0 Å². The van der Waals surface area contributed by atoms with Crippen molar-refractivity contribution in [3.05, 3.63) is 34.9 Å². The van der Waals surface area contributed by atoms with E-state index in [-0.39, 0.29) is 12.1 Å². The van der Waals surface area contributed by atoms with Crippen molar-refractivity contribution in [1.82, 2.24) is 9.21 Å². The fraction of sp³-hybridized carbons (Fsp3) is 0.600. The Balaban J connectivity index is 1.72.